The monoisotopic (exact) mass is 424 g/mol. The van der Waals surface area contributed by atoms with Crippen LogP contribution in [0.3, 0.4) is 0 Å². The number of rotatable bonds is 8. The number of hydrogen-bond acceptors (Lipinski definition) is 4. The first kappa shape index (κ1) is 24.6. The Bertz CT molecular complexity index is 677. The van der Waals surface area contributed by atoms with Crippen molar-refractivity contribution in [3.63, 3.8) is 0 Å². The molecule has 0 aromatic heterocycles. The number of piperazine rings is 1. The summed E-state index contributed by atoms with van der Waals surface area (Å²) in [4.78, 5) is 17.1. The topological polar surface area (TPSA) is 32.8 Å². The van der Waals surface area contributed by atoms with Gasteiger partial charge in [0.25, 0.3) is 0 Å². The van der Waals surface area contributed by atoms with Crippen LogP contribution in [0.2, 0.25) is 0 Å². The molecule has 28 heavy (non-hydrogen) atoms. The van der Waals surface area contributed by atoms with Gasteiger partial charge in [0.1, 0.15) is 0 Å². The molecule has 4 nitrogen and oxygen atoms in total. The van der Waals surface area contributed by atoms with Crippen LogP contribution in [0.5, 0.6) is 0 Å². The molecular formula is C22H30Cl2N2O2. The van der Waals surface area contributed by atoms with E-state index in [-0.39, 0.29) is 36.7 Å². The standard InChI is InChI=1S/C22H28N2O2.2ClH/c1-26-22(20-10-6-3-7-11-20)18-24-16-14-23(15-17-24)13-12-21(25)19-8-4-2-5-9-19;;/h2-11,22H,12-18H2,1H3;2*1H. The molecule has 0 aliphatic carbocycles. The number of carbonyl (C=O) groups is 1. The van der Waals surface area contributed by atoms with Crippen molar-refractivity contribution in [1.29, 1.82) is 0 Å². The molecule has 1 saturated heterocycles. The van der Waals surface area contributed by atoms with Gasteiger partial charge in [-0.15, -0.1) is 24.8 Å². The lowest BCUT2D eigenvalue weighted by Gasteiger charge is -2.36. The Labute approximate surface area is 180 Å². The number of halogens is 2. The van der Waals surface area contributed by atoms with E-state index in [1.54, 1.807) is 7.11 Å². The van der Waals surface area contributed by atoms with Crippen molar-refractivity contribution in [1.82, 2.24) is 9.80 Å². The van der Waals surface area contributed by atoms with E-state index in [1.807, 2.05) is 36.4 Å². The quantitative estimate of drug-likeness (QED) is 0.596. The van der Waals surface area contributed by atoms with Crippen LogP contribution in [0.25, 0.3) is 0 Å². The Morgan fingerprint density at radius 2 is 1.43 bits per heavy atom. The summed E-state index contributed by atoms with van der Waals surface area (Å²) < 4.78 is 5.69. The maximum Gasteiger partial charge on any atom is 0.164 e. The summed E-state index contributed by atoms with van der Waals surface area (Å²) in [7, 11) is 1.78. The summed E-state index contributed by atoms with van der Waals surface area (Å²) in [5.41, 5.74) is 2.04. The van der Waals surface area contributed by atoms with Gasteiger partial charge in [0.05, 0.1) is 6.10 Å². The summed E-state index contributed by atoms with van der Waals surface area (Å²) in [6.07, 6.45) is 0.705. The molecule has 1 aliphatic heterocycles. The molecule has 0 spiro atoms. The second-order valence-electron chi connectivity index (χ2n) is 6.82. The van der Waals surface area contributed by atoms with Crippen molar-refractivity contribution in [2.75, 3.05) is 46.4 Å². The summed E-state index contributed by atoms with van der Waals surface area (Å²) in [5, 5.41) is 0. The van der Waals surface area contributed by atoms with E-state index in [0.717, 1.165) is 44.8 Å². The predicted octanol–water partition coefficient (Wildman–Crippen LogP) is 4.11. The Morgan fingerprint density at radius 3 is 2.00 bits per heavy atom. The molecule has 1 atom stereocenters. The van der Waals surface area contributed by atoms with Gasteiger partial charge in [-0.1, -0.05) is 60.7 Å². The van der Waals surface area contributed by atoms with Crippen LogP contribution in [0.15, 0.2) is 60.7 Å². The van der Waals surface area contributed by atoms with Crippen molar-refractivity contribution in [3.8, 4) is 0 Å². The van der Waals surface area contributed by atoms with E-state index in [2.05, 4.69) is 34.1 Å². The molecule has 2 aromatic rings. The van der Waals surface area contributed by atoms with Crippen LogP contribution >= 0.6 is 24.8 Å². The highest BCUT2D eigenvalue weighted by atomic mass is 35.5. The third kappa shape index (κ3) is 7.19. The van der Waals surface area contributed by atoms with Crippen molar-refractivity contribution < 1.29 is 9.53 Å². The van der Waals surface area contributed by atoms with Crippen LogP contribution in [0.4, 0.5) is 0 Å². The lowest BCUT2D eigenvalue weighted by atomic mass is 10.1. The molecule has 1 aliphatic rings. The zero-order valence-corrected chi connectivity index (χ0v) is 18.0. The molecule has 0 bridgehead atoms. The summed E-state index contributed by atoms with van der Waals surface area (Å²) >= 11 is 0. The third-order valence-electron chi connectivity index (χ3n) is 5.10. The molecule has 1 heterocycles. The van der Waals surface area contributed by atoms with Crippen molar-refractivity contribution in [2.45, 2.75) is 12.5 Å². The van der Waals surface area contributed by atoms with E-state index in [0.29, 0.717) is 6.42 Å². The molecule has 0 N–H and O–H groups in total. The highest BCUT2D eigenvalue weighted by molar-refractivity contribution is 5.96. The first-order valence-corrected chi connectivity index (χ1v) is 9.37. The first-order chi connectivity index (χ1) is 12.8. The minimum Gasteiger partial charge on any atom is -0.375 e. The molecule has 6 heteroatoms. The van der Waals surface area contributed by atoms with Crippen LogP contribution in [-0.2, 0) is 4.74 Å². The van der Waals surface area contributed by atoms with E-state index in [9.17, 15) is 4.79 Å². The van der Waals surface area contributed by atoms with E-state index in [4.69, 9.17) is 4.74 Å². The maximum atomic E-state index is 12.2. The molecule has 3 rings (SSSR count). The van der Waals surface area contributed by atoms with E-state index < -0.39 is 0 Å². The first-order valence-electron chi connectivity index (χ1n) is 9.37. The van der Waals surface area contributed by atoms with Gasteiger partial charge >= 0.3 is 0 Å². The Kier molecular flexibility index (Phi) is 11.4. The number of Topliss-reactive ketones (excluding diaryl/α,β-unsaturated/α-hetero) is 1. The zero-order chi connectivity index (χ0) is 18.2. The molecule has 1 fully saturated rings. The largest absolute Gasteiger partial charge is 0.375 e. The smallest absolute Gasteiger partial charge is 0.164 e. The number of methoxy groups -OCH3 is 1. The van der Waals surface area contributed by atoms with Gasteiger partial charge in [-0.25, -0.2) is 0 Å². The number of benzene rings is 2. The lowest BCUT2D eigenvalue weighted by Crippen LogP contribution is -2.48. The van der Waals surface area contributed by atoms with Crippen LogP contribution in [0, 0.1) is 0 Å². The SMILES string of the molecule is COC(CN1CCN(CCC(=O)c2ccccc2)CC1)c1ccccc1.Cl.Cl. The number of nitrogens with zero attached hydrogens (tertiary/aromatic N) is 2. The summed E-state index contributed by atoms with van der Waals surface area (Å²) in [5.74, 6) is 0.233. The minimum atomic E-state index is 0. The van der Waals surface area contributed by atoms with E-state index in [1.165, 1.54) is 5.56 Å². The zero-order valence-electron chi connectivity index (χ0n) is 16.3. The van der Waals surface area contributed by atoms with Gasteiger partial charge in [0.15, 0.2) is 5.78 Å². The lowest BCUT2D eigenvalue weighted by molar-refractivity contribution is 0.0416. The average molecular weight is 425 g/mol. The Hall–Kier alpha value is -1.43. The average Bonchev–Trinajstić information content (AvgIpc) is 2.72. The second kappa shape index (κ2) is 12.9. The minimum absolute atomic E-state index is 0. The predicted molar refractivity (Wildman–Crippen MR) is 119 cm³/mol. The van der Waals surface area contributed by atoms with Crippen molar-refractivity contribution >= 4 is 30.6 Å². The fourth-order valence-corrected chi connectivity index (χ4v) is 3.44. The molecule has 154 valence electrons. The summed E-state index contributed by atoms with van der Waals surface area (Å²) in [6.45, 7) is 5.81. The Balaban J connectivity index is 0.00000196. The number of carbonyl (C=O) groups excluding carboxylic acids is 1. The van der Waals surface area contributed by atoms with Crippen LogP contribution < -0.4 is 0 Å². The van der Waals surface area contributed by atoms with Crippen molar-refractivity contribution in [2.24, 2.45) is 0 Å². The molecule has 0 amide bonds. The van der Waals surface area contributed by atoms with Gasteiger partial charge < -0.3 is 9.64 Å². The number of hydrogen-bond donors (Lipinski definition) is 0. The molecule has 1 unspecified atom stereocenters. The van der Waals surface area contributed by atoms with Crippen LogP contribution in [0.1, 0.15) is 28.4 Å². The Morgan fingerprint density at radius 1 is 0.893 bits per heavy atom. The fraction of sp³-hybridized carbons (Fsp3) is 0.409. The maximum absolute atomic E-state index is 12.2. The van der Waals surface area contributed by atoms with Crippen LogP contribution in [-0.4, -0.2) is 62.0 Å². The van der Waals surface area contributed by atoms with Gasteiger partial charge in [0.2, 0.25) is 0 Å². The highest BCUT2D eigenvalue weighted by Gasteiger charge is 2.21. The molecule has 0 radical (unpaired) electrons. The summed E-state index contributed by atoms with van der Waals surface area (Å²) in [6, 6.07) is 20.0. The van der Waals surface area contributed by atoms with Gasteiger partial charge in [-0.3, -0.25) is 9.69 Å². The van der Waals surface area contributed by atoms with E-state index >= 15 is 0 Å². The highest BCUT2D eigenvalue weighted by Crippen LogP contribution is 2.18. The van der Waals surface area contributed by atoms with Gasteiger partial charge in [0, 0.05) is 58.4 Å². The third-order valence-corrected chi connectivity index (χ3v) is 5.10. The number of ether oxygens (including phenoxy) is 1. The second-order valence-corrected chi connectivity index (χ2v) is 6.82. The fourth-order valence-electron chi connectivity index (χ4n) is 3.44. The van der Waals surface area contributed by atoms with Crippen molar-refractivity contribution in [3.05, 3.63) is 71.8 Å². The normalized spacial score (nSPS) is 15.9. The molecular weight excluding hydrogens is 395 g/mol. The van der Waals surface area contributed by atoms with Gasteiger partial charge in [-0.05, 0) is 5.56 Å². The van der Waals surface area contributed by atoms with Gasteiger partial charge in [-0.2, -0.15) is 0 Å². The molecule has 2 aromatic carbocycles. The molecule has 0 saturated carbocycles. The number of ketones is 1.